The fourth-order valence-corrected chi connectivity index (χ4v) is 4.09. The summed E-state index contributed by atoms with van der Waals surface area (Å²) in [5, 5.41) is 14.3. The minimum atomic E-state index is -4.98. The normalized spacial score (nSPS) is 13.4. The summed E-state index contributed by atoms with van der Waals surface area (Å²) in [6.45, 7) is 0. The van der Waals surface area contributed by atoms with E-state index in [1.165, 1.54) is 35.6 Å². The second kappa shape index (κ2) is 7.40. The number of rotatable bonds is 3. The van der Waals surface area contributed by atoms with E-state index >= 15 is 0 Å². The first-order valence-electron chi connectivity index (χ1n) is 8.14. The molecule has 3 rings (SSSR count). The number of fused-ring (bicyclic) bond motifs is 1. The van der Waals surface area contributed by atoms with Gasteiger partial charge in [0, 0.05) is 16.1 Å². The van der Waals surface area contributed by atoms with E-state index in [1.807, 2.05) is 0 Å². The van der Waals surface area contributed by atoms with Gasteiger partial charge >= 0.3 is 12.1 Å². The predicted molar refractivity (Wildman–Crippen MR) is 94.8 cm³/mol. The monoisotopic (exact) mass is 393 g/mol. The van der Waals surface area contributed by atoms with Crippen LogP contribution in [0.5, 0.6) is 0 Å². The molecule has 0 atom stereocenters. The van der Waals surface area contributed by atoms with Gasteiger partial charge in [0.25, 0.3) is 5.91 Å². The van der Waals surface area contributed by atoms with E-state index < -0.39 is 18.0 Å². The standard InChI is InChI=1S/C18H14F3N3O2S/c19-18(20,21)17(26)23-11-7-5-10(6-8-11)15(25)24-16-13(9-22)12-3-1-2-4-14(12)27-16/h5-8H,1-4H2,(H,23,26)(H,24,25). The number of hydrogen-bond donors (Lipinski definition) is 2. The lowest BCUT2D eigenvalue weighted by Gasteiger charge is -2.09. The maximum absolute atomic E-state index is 12.4. The molecule has 27 heavy (non-hydrogen) atoms. The van der Waals surface area contributed by atoms with Crippen molar-refractivity contribution in [2.75, 3.05) is 10.6 Å². The summed E-state index contributed by atoms with van der Waals surface area (Å²) in [5.41, 5.74) is 1.61. The van der Waals surface area contributed by atoms with Crippen molar-refractivity contribution < 1.29 is 22.8 Å². The number of nitrogens with zero attached hydrogens (tertiary/aromatic N) is 1. The number of carbonyl (C=O) groups excluding carboxylic acids is 2. The molecule has 0 aliphatic heterocycles. The van der Waals surface area contributed by atoms with Crippen LogP contribution in [0.15, 0.2) is 24.3 Å². The van der Waals surface area contributed by atoms with Gasteiger partial charge in [-0.2, -0.15) is 18.4 Å². The topological polar surface area (TPSA) is 82.0 Å². The number of alkyl halides is 3. The highest BCUT2D eigenvalue weighted by Gasteiger charge is 2.38. The zero-order chi connectivity index (χ0) is 19.6. The number of amides is 2. The van der Waals surface area contributed by atoms with Gasteiger partial charge in [-0.25, -0.2) is 0 Å². The molecule has 5 nitrogen and oxygen atoms in total. The van der Waals surface area contributed by atoms with Crippen molar-refractivity contribution in [2.45, 2.75) is 31.9 Å². The molecule has 1 aliphatic carbocycles. The fraction of sp³-hybridized carbons (Fsp3) is 0.278. The van der Waals surface area contributed by atoms with Crippen LogP contribution in [0.4, 0.5) is 23.9 Å². The Balaban J connectivity index is 1.73. The summed E-state index contributed by atoms with van der Waals surface area (Å²) in [4.78, 5) is 24.4. The largest absolute Gasteiger partial charge is 0.471 e. The van der Waals surface area contributed by atoms with E-state index in [2.05, 4.69) is 11.4 Å². The number of hydrogen-bond acceptors (Lipinski definition) is 4. The molecule has 2 aromatic rings. The van der Waals surface area contributed by atoms with E-state index in [-0.39, 0.29) is 11.3 Å². The first-order valence-corrected chi connectivity index (χ1v) is 8.95. The van der Waals surface area contributed by atoms with Crippen LogP contribution in [0.25, 0.3) is 0 Å². The molecule has 2 amide bonds. The van der Waals surface area contributed by atoms with Crippen LogP contribution >= 0.6 is 11.3 Å². The van der Waals surface area contributed by atoms with Crippen molar-refractivity contribution in [2.24, 2.45) is 0 Å². The molecule has 9 heteroatoms. The van der Waals surface area contributed by atoms with Gasteiger partial charge in [0.05, 0.1) is 5.56 Å². The van der Waals surface area contributed by atoms with Crippen molar-refractivity contribution in [3.63, 3.8) is 0 Å². The Labute approximate surface area is 156 Å². The van der Waals surface area contributed by atoms with Gasteiger partial charge in [-0.3, -0.25) is 9.59 Å². The molecule has 1 aliphatic rings. The molecule has 0 spiro atoms. The molecular formula is C18H14F3N3O2S. The molecular weight excluding hydrogens is 379 g/mol. The van der Waals surface area contributed by atoms with Gasteiger partial charge in [0.15, 0.2) is 0 Å². The van der Waals surface area contributed by atoms with E-state index in [4.69, 9.17) is 0 Å². The lowest BCUT2D eigenvalue weighted by Crippen LogP contribution is -2.29. The van der Waals surface area contributed by atoms with Crippen LogP contribution in [0, 0.1) is 11.3 Å². The Morgan fingerprint density at radius 1 is 1.07 bits per heavy atom. The molecule has 0 unspecified atom stereocenters. The van der Waals surface area contributed by atoms with Crippen molar-refractivity contribution in [3.05, 3.63) is 45.8 Å². The Morgan fingerprint density at radius 2 is 1.74 bits per heavy atom. The summed E-state index contributed by atoms with van der Waals surface area (Å²) in [6, 6.07) is 7.18. The van der Waals surface area contributed by atoms with Crippen LogP contribution in [-0.4, -0.2) is 18.0 Å². The number of carbonyl (C=O) groups is 2. The zero-order valence-corrected chi connectivity index (χ0v) is 14.8. The highest BCUT2D eigenvalue weighted by atomic mass is 32.1. The third kappa shape index (κ3) is 4.11. The van der Waals surface area contributed by atoms with Gasteiger partial charge < -0.3 is 10.6 Å². The highest BCUT2D eigenvalue weighted by Crippen LogP contribution is 2.37. The van der Waals surface area contributed by atoms with Gasteiger partial charge in [-0.15, -0.1) is 11.3 Å². The summed E-state index contributed by atoms with van der Waals surface area (Å²) in [7, 11) is 0. The first-order chi connectivity index (χ1) is 12.8. The molecule has 1 heterocycles. The second-order valence-electron chi connectivity index (χ2n) is 6.01. The molecule has 140 valence electrons. The van der Waals surface area contributed by atoms with Gasteiger partial charge in [-0.1, -0.05) is 0 Å². The maximum atomic E-state index is 12.4. The van der Waals surface area contributed by atoms with Crippen molar-refractivity contribution >= 4 is 33.8 Å². The summed E-state index contributed by atoms with van der Waals surface area (Å²) < 4.78 is 36.8. The summed E-state index contributed by atoms with van der Waals surface area (Å²) in [6.07, 6.45) is -1.22. The number of thiophene rings is 1. The van der Waals surface area contributed by atoms with Crippen LogP contribution in [-0.2, 0) is 17.6 Å². The third-order valence-corrected chi connectivity index (χ3v) is 5.38. The zero-order valence-electron chi connectivity index (χ0n) is 13.9. The van der Waals surface area contributed by atoms with Crippen LogP contribution in [0.2, 0.25) is 0 Å². The predicted octanol–water partition coefficient (Wildman–Crippen LogP) is 4.25. The highest BCUT2D eigenvalue weighted by molar-refractivity contribution is 7.16. The molecule has 2 N–H and O–H groups in total. The number of anilines is 2. The molecule has 1 aromatic heterocycles. The van der Waals surface area contributed by atoms with Gasteiger partial charge in [-0.05, 0) is 55.5 Å². The smallest absolute Gasteiger partial charge is 0.318 e. The lowest BCUT2D eigenvalue weighted by molar-refractivity contribution is -0.167. The number of aryl methyl sites for hydroxylation is 1. The lowest BCUT2D eigenvalue weighted by atomic mass is 9.96. The Morgan fingerprint density at radius 3 is 2.37 bits per heavy atom. The maximum Gasteiger partial charge on any atom is 0.471 e. The van der Waals surface area contributed by atoms with E-state index in [1.54, 1.807) is 5.32 Å². The average molecular weight is 393 g/mol. The summed E-state index contributed by atoms with van der Waals surface area (Å²) >= 11 is 1.39. The number of nitriles is 1. The molecule has 0 fully saturated rings. The second-order valence-corrected chi connectivity index (χ2v) is 7.12. The average Bonchev–Trinajstić information content (AvgIpc) is 2.98. The van der Waals surface area contributed by atoms with E-state index in [9.17, 15) is 28.0 Å². The first kappa shape index (κ1) is 18.9. The summed E-state index contributed by atoms with van der Waals surface area (Å²) in [5.74, 6) is -2.55. The number of benzene rings is 1. The Bertz CT molecular complexity index is 927. The quantitative estimate of drug-likeness (QED) is 0.818. The number of nitrogens with one attached hydrogen (secondary N) is 2. The third-order valence-electron chi connectivity index (χ3n) is 4.17. The Hall–Kier alpha value is -2.86. The SMILES string of the molecule is N#Cc1c(NC(=O)c2ccc(NC(=O)C(F)(F)F)cc2)sc2c1CCCC2. The van der Waals surface area contributed by atoms with Crippen molar-refractivity contribution in [1.82, 2.24) is 0 Å². The number of halogens is 3. The van der Waals surface area contributed by atoms with Crippen molar-refractivity contribution in [1.29, 1.82) is 5.26 Å². The molecule has 0 saturated heterocycles. The van der Waals surface area contributed by atoms with E-state index in [0.29, 0.717) is 10.6 Å². The van der Waals surface area contributed by atoms with Gasteiger partial charge in [0.1, 0.15) is 11.1 Å². The minimum Gasteiger partial charge on any atom is -0.318 e. The van der Waals surface area contributed by atoms with E-state index in [0.717, 1.165) is 36.1 Å². The van der Waals surface area contributed by atoms with Crippen LogP contribution in [0.3, 0.4) is 0 Å². The minimum absolute atomic E-state index is 0.0711. The fourth-order valence-electron chi connectivity index (χ4n) is 2.85. The molecule has 0 bridgehead atoms. The molecule has 0 radical (unpaired) electrons. The van der Waals surface area contributed by atoms with Gasteiger partial charge in [0.2, 0.25) is 0 Å². The molecule has 1 aromatic carbocycles. The molecule has 0 saturated carbocycles. The Kier molecular flexibility index (Phi) is 5.19. The van der Waals surface area contributed by atoms with Crippen LogP contribution in [0.1, 0.15) is 39.2 Å². The van der Waals surface area contributed by atoms with Crippen molar-refractivity contribution in [3.8, 4) is 6.07 Å². The van der Waals surface area contributed by atoms with Crippen LogP contribution < -0.4 is 10.6 Å².